The molecular formula is C14H19F3N2O2. The lowest BCUT2D eigenvalue weighted by atomic mass is 10.2. The molecule has 0 heterocycles. The van der Waals surface area contributed by atoms with Crippen molar-refractivity contribution in [2.45, 2.75) is 19.0 Å². The second-order valence-electron chi connectivity index (χ2n) is 4.55. The van der Waals surface area contributed by atoms with Gasteiger partial charge in [0.15, 0.2) is 0 Å². The molecule has 0 aliphatic rings. The molecule has 0 atom stereocenters. The second kappa shape index (κ2) is 7.87. The first-order valence-corrected chi connectivity index (χ1v) is 6.59. The topological polar surface area (TPSA) is 55.6 Å². The first-order chi connectivity index (χ1) is 9.86. The Morgan fingerprint density at radius 1 is 1.33 bits per heavy atom. The van der Waals surface area contributed by atoms with Crippen molar-refractivity contribution >= 4 is 5.91 Å². The third kappa shape index (κ3) is 5.63. The highest BCUT2D eigenvalue weighted by Gasteiger charge is 2.33. The van der Waals surface area contributed by atoms with Crippen LogP contribution in [0, 0.1) is 0 Å². The van der Waals surface area contributed by atoms with Crippen molar-refractivity contribution in [3.8, 4) is 5.75 Å². The van der Waals surface area contributed by atoms with Crippen LogP contribution in [0.4, 0.5) is 13.2 Å². The van der Waals surface area contributed by atoms with Crippen LogP contribution in [0.5, 0.6) is 5.75 Å². The SMILES string of the molecule is CN(CCCN)C(=O)CCOc1ccccc1C(F)(F)F. The number of hydrogen-bond donors (Lipinski definition) is 1. The molecule has 0 aliphatic carbocycles. The summed E-state index contributed by atoms with van der Waals surface area (Å²) in [7, 11) is 1.63. The number of nitrogens with two attached hydrogens (primary N) is 1. The minimum absolute atomic E-state index is 0.0211. The molecule has 0 fully saturated rings. The fourth-order valence-corrected chi connectivity index (χ4v) is 1.72. The van der Waals surface area contributed by atoms with Crippen molar-refractivity contribution in [3.05, 3.63) is 29.8 Å². The summed E-state index contributed by atoms with van der Waals surface area (Å²) in [5.41, 5.74) is 4.50. The van der Waals surface area contributed by atoms with E-state index in [2.05, 4.69) is 0 Å². The van der Waals surface area contributed by atoms with Crippen LogP contribution in [0.15, 0.2) is 24.3 Å². The summed E-state index contributed by atoms with van der Waals surface area (Å²) in [5, 5.41) is 0. The van der Waals surface area contributed by atoms with Crippen LogP contribution in [0.2, 0.25) is 0 Å². The van der Waals surface area contributed by atoms with Gasteiger partial charge in [-0.2, -0.15) is 13.2 Å². The Morgan fingerprint density at radius 2 is 2.00 bits per heavy atom. The molecule has 0 unspecified atom stereocenters. The number of nitrogens with zero attached hydrogens (tertiary/aromatic N) is 1. The minimum Gasteiger partial charge on any atom is -0.492 e. The Labute approximate surface area is 121 Å². The molecule has 21 heavy (non-hydrogen) atoms. The smallest absolute Gasteiger partial charge is 0.419 e. The molecule has 0 aromatic heterocycles. The molecule has 4 nitrogen and oxygen atoms in total. The minimum atomic E-state index is -4.47. The maximum atomic E-state index is 12.7. The molecule has 7 heteroatoms. The predicted octanol–water partition coefficient (Wildman–Crippen LogP) is 2.28. The maximum absolute atomic E-state index is 12.7. The van der Waals surface area contributed by atoms with Gasteiger partial charge >= 0.3 is 6.18 Å². The van der Waals surface area contributed by atoms with E-state index in [-0.39, 0.29) is 24.7 Å². The molecule has 1 amide bonds. The number of carbonyl (C=O) groups excluding carboxylic acids is 1. The quantitative estimate of drug-likeness (QED) is 0.841. The van der Waals surface area contributed by atoms with Crippen molar-refractivity contribution in [3.63, 3.8) is 0 Å². The third-order valence-corrected chi connectivity index (χ3v) is 2.89. The van der Waals surface area contributed by atoms with E-state index < -0.39 is 11.7 Å². The van der Waals surface area contributed by atoms with Crippen molar-refractivity contribution in [1.29, 1.82) is 0 Å². The van der Waals surface area contributed by atoms with Crippen LogP contribution in [-0.2, 0) is 11.0 Å². The van der Waals surface area contributed by atoms with Crippen LogP contribution in [0.25, 0.3) is 0 Å². The fourth-order valence-electron chi connectivity index (χ4n) is 1.72. The number of halogens is 3. The molecule has 0 bridgehead atoms. The Bertz CT molecular complexity index is 464. The number of rotatable bonds is 7. The van der Waals surface area contributed by atoms with Gasteiger partial charge in [-0.3, -0.25) is 4.79 Å². The van der Waals surface area contributed by atoms with Gasteiger partial charge < -0.3 is 15.4 Å². The summed E-state index contributed by atoms with van der Waals surface area (Å²) in [6, 6.07) is 4.94. The molecule has 0 saturated heterocycles. The van der Waals surface area contributed by atoms with E-state index in [1.165, 1.54) is 23.1 Å². The van der Waals surface area contributed by atoms with Gasteiger partial charge in [0.25, 0.3) is 0 Å². The lowest BCUT2D eigenvalue weighted by molar-refractivity contribution is -0.139. The molecule has 2 N–H and O–H groups in total. The van der Waals surface area contributed by atoms with E-state index in [4.69, 9.17) is 10.5 Å². The zero-order chi connectivity index (χ0) is 15.9. The Morgan fingerprint density at radius 3 is 2.62 bits per heavy atom. The predicted molar refractivity (Wildman–Crippen MR) is 72.9 cm³/mol. The summed E-state index contributed by atoms with van der Waals surface area (Å²) < 4.78 is 43.3. The van der Waals surface area contributed by atoms with Crippen molar-refractivity contribution in [2.24, 2.45) is 5.73 Å². The van der Waals surface area contributed by atoms with E-state index >= 15 is 0 Å². The maximum Gasteiger partial charge on any atom is 0.419 e. The van der Waals surface area contributed by atoms with Gasteiger partial charge in [-0.05, 0) is 25.1 Å². The van der Waals surface area contributed by atoms with Crippen LogP contribution in [0.1, 0.15) is 18.4 Å². The monoisotopic (exact) mass is 304 g/mol. The van der Waals surface area contributed by atoms with E-state index in [9.17, 15) is 18.0 Å². The summed E-state index contributed by atoms with van der Waals surface area (Å²) in [5.74, 6) is -0.449. The fraction of sp³-hybridized carbons (Fsp3) is 0.500. The van der Waals surface area contributed by atoms with E-state index in [0.717, 1.165) is 6.07 Å². The standard InChI is InChI=1S/C14H19F3N2O2/c1-19(9-4-8-18)13(20)7-10-21-12-6-3-2-5-11(12)14(15,16)17/h2-3,5-6H,4,7-10,18H2,1H3. The van der Waals surface area contributed by atoms with E-state index in [1.807, 2.05) is 0 Å². The van der Waals surface area contributed by atoms with Gasteiger partial charge in [-0.25, -0.2) is 0 Å². The average Bonchev–Trinajstić information content (AvgIpc) is 2.44. The van der Waals surface area contributed by atoms with Crippen LogP contribution in [0.3, 0.4) is 0 Å². The summed E-state index contributed by atoms with van der Waals surface area (Å²) in [6.45, 7) is 0.903. The Hall–Kier alpha value is -1.76. The number of amides is 1. The molecule has 0 radical (unpaired) electrons. The first-order valence-electron chi connectivity index (χ1n) is 6.59. The molecule has 118 valence electrons. The summed E-state index contributed by atoms with van der Waals surface area (Å²) >= 11 is 0. The zero-order valence-electron chi connectivity index (χ0n) is 11.8. The van der Waals surface area contributed by atoms with Gasteiger partial charge in [0.05, 0.1) is 18.6 Å². The number of ether oxygens (including phenoxy) is 1. The Kier molecular flexibility index (Phi) is 6.48. The van der Waals surface area contributed by atoms with Gasteiger partial charge in [-0.15, -0.1) is 0 Å². The van der Waals surface area contributed by atoms with Crippen molar-refractivity contribution in [2.75, 3.05) is 26.7 Å². The molecule has 1 aromatic carbocycles. The van der Waals surface area contributed by atoms with Gasteiger partial charge in [0.2, 0.25) is 5.91 Å². The van der Waals surface area contributed by atoms with Gasteiger partial charge in [0.1, 0.15) is 5.75 Å². The number of alkyl halides is 3. The number of benzene rings is 1. The lowest BCUT2D eigenvalue weighted by Crippen LogP contribution is -2.30. The number of hydrogen-bond acceptors (Lipinski definition) is 3. The zero-order valence-corrected chi connectivity index (χ0v) is 11.8. The second-order valence-corrected chi connectivity index (χ2v) is 4.55. The van der Waals surface area contributed by atoms with Crippen LogP contribution >= 0.6 is 0 Å². The van der Waals surface area contributed by atoms with Gasteiger partial charge in [0, 0.05) is 13.6 Å². The largest absolute Gasteiger partial charge is 0.492 e. The molecule has 0 spiro atoms. The lowest BCUT2D eigenvalue weighted by Gasteiger charge is -2.17. The van der Waals surface area contributed by atoms with Crippen molar-refractivity contribution < 1.29 is 22.7 Å². The van der Waals surface area contributed by atoms with Crippen molar-refractivity contribution in [1.82, 2.24) is 4.90 Å². The molecule has 0 aliphatic heterocycles. The van der Waals surface area contributed by atoms with Crippen LogP contribution in [-0.4, -0.2) is 37.6 Å². The van der Waals surface area contributed by atoms with Gasteiger partial charge in [-0.1, -0.05) is 12.1 Å². The van der Waals surface area contributed by atoms with E-state index in [0.29, 0.717) is 19.5 Å². The normalized spacial score (nSPS) is 11.3. The molecular weight excluding hydrogens is 285 g/mol. The number of carbonyl (C=O) groups is 1. The number of para-hydroxylation sites is 1. The highest BCUT2D eigenvalue weighted by atomic mass is 19.4. The summed E-state index contributed by atoms with van der Waals surface area (Å²) in [6.07, 6.45) is -3.77. The first kappa shape index (κ1) is 17.3. The molecule has 1 aromatic rings. The summed E-state index contributed by atoms with van der Waals surface area (Å²) in [4.78, 5) is 13.2. The molecule has 0 saturated carbocycles. The highest BCUT2D eigenvalue weighted by Crippen LogP contribution is 2.35. The third-order valence-electron chi connectivity index (χ3n) is 2.89. The van der Waals surface area contributed by atoms with Crippen LogP contribution < -0.4 is 10.5 Å². The van der Waals surface area contributed by atoms with E-state index in [1.54, 1.807) is 7.05 Å². The highest BCUT2D eigenvalue weighted by molar-refractivity contribution is 5.75. The molecule has 1 rings (SSSR count). The Balaban J connectivity index is 2.52. The average molecular weight is 304 g/mol.